The number of ether oxygens (including phenoxy) is 4. The quantitative estimate of drug-likeness (QED) is 0.365. The monoisotopic (exact) mass is 500 g/mol. The summed E-state index contributed by atoms with van der Waals surface area (Å²) in [5.74, 6) is 0.471. The Hall–Kier alpha value is -3.93. The highest BCUT2D eigenvalue weighted by Crippen LogP contribution is 2.43. The molecule has 0 aliphatic carbocycles. The maximum Gasteiger partial charge on any atom is 0.434 e. The van der Waals surface area contributed by atoms with Crippen LogP contribution in [-0.2, 0) is 4.74 Å². The Morgan fingerprint density at radius 1 is 1.14 bits per heavy atom. The number of thioether (sulfide) groups is 1. The number of carbonyl (C=O) groups is 1. The number of carbonyl (C=O) groups excluding carboxylic acids is 1. The molecule has 0 unspecified atom stereocenters. The van der Waals surface area contributed by atoms with Gasteiger partial charge in [-0.2, -0.15) is 9.98 Å². The zero-order valence-electron chi connectivity index (χ0n) is 19.3. The Labute approximate surface area is 204 Å². The van der Waals surface area contributed by atoms with Crippen LogP contribution in [-0.4, -0.2) is 60.7 Å². The molecule has 35 heavy (non-hydrogen) atoms. The zero-order chi connectivity index (χ0) is 24.9. The number of benzene rings is 2. The number of hydrogen-bond donors (Lipinski definition) is 0. The predicted octanol–water partition coefficient (Wildman–Crippen LogP) is 4.61. The van der Waals surface area contributed by atoms with E-state index in [0.717, 1.165) is 11.8 Å². The van der Waals surface area contributed by atoms with Gasteiger partial charge >= 0.3 is 6.09 Å². The number of aliphatic imine (C=N–C) groups is 2. The molecule has 0 atom stereocenters. The molecule has 1 amide bonds. The van der Waals surface area contributed by atoms with Crippen LogP contribution in [0.5, 0.6) is 17.2 Å². The van der Waals surface area contributed by atoms with Crippen molar-refractivity contribution in [3.05, 3.63) is 47.6 Å². The van der Waals surface area contributed by atoms with Gasteiger partial charge in [-0.25, -0.2) is 14.2 Å². The molecule has 1 aliphatic rings. The molecule has 2 heterocycles. The average molecular weight is 501 g/mol. The SMILES string of the molecule is COC(=O)/N=C(SC)/C(=N/c1ccc(-c2noc(C)n2)cc1)c1cc(OC)c2c(c1F)OCCO2. The summed E-state index contributed by atoms with van der Waals surface area (Å²) in [5.41, 5.74) is 1.27. The van der Waals surface area contributed by atoms with Crippen molar-refractivity contribution < 1.29 is 32.7 Å². The molecule has 12 heteroatoms. The molecule has 182 valence electrons. The van der Waals surface area contributed by atoms with Crippen LogP contribution in [0.15, 0.2) is 44.8 Å². The summed E-state index contributed by atoms with van der Waals surface area (Å²) in [6, 6.07) is 8.32. The largest absolute Gasteiger partial charge is 0.493 e. The van der Waals surface area contributed by atoms with Gasteiger partial charge in [0.25, 0.3) is 0 Å². The first kappa shape index (κ1) is 24.2. The minimum Gasteiger partial charge on any atom is -0.493 e. The number of halogens is 1. The number of fused-ring (bicyclic) bond motifs is 1. The van der Waals surface area contributed by atoms with Gasteiger partial charge in [-0.3, -0.25) is 0 Å². The van der Waals surface area contributed by atoms with Gasteiger partial charge in [0.1, 0.15) is 24.0 Å². The number of amides is 1. The van der Waals surface area contributed by atoms with Crippen LogP contribution in [0.1, 0.15) is 11.5 Å². The Bertz CT molecular complexity index is 1310. The minimum atomic E-state index is -0.852. The summed E-state index contributed by atoms with van der Waals surface area (Å²) >= 11 is 1.10. The number of aryl methyl sites for hydroxylation is 1. The molecular formula is C23H21FN4O6S. The third kappa shape index (κ3) is 5.11. The van der Waals surface area contributed by atoms with E-state index in [-0.39, 0.29) is 46.8 Å². The van der Waals surface area contributed by atoms with Crippen molar-refractivity contribution in [3.63, 3.8) is 0 Å². The van der Waals surface area contributed by atoms with Gasteiger partial charge in [0, 0.05) is 18.1 Å². The molecule has 0 radical (unpaired) electrons. The lowest BCUT2D eigenvalue weighted by Gasteiger charge is -2.23. The zero-order valence-corrected chi connectivity index (χ0v) is 20.1. The van der Waals surface area contributed by atoms with Crippen LogP contribution < -0.4 is 14.2 Å². The second-order valence-electron chi connectivity index (χ2n) is 7.03. The van der Waals surface area contributed by atoms with Gasteiger partial charge in [-0.1, -0.05) is 5.16 Å². The lowest BCUT2D eigenvalue weighted by atomic mass is 10.1. The standard InChI is InChI=1S/C23H21FN4O6S/c1-12-25-21(28-34-12)13-5-7-14(8-6-13)26-18(22(35-4)27-23(29)31-3)15-11-16(30-2)19-20(17(15)24)33-10-9-32-19/h5-8,11H,9-10H2,1-4H3/b26-18+,27-22-. The van der Waals surface area contributed by atoms with Crippen LogP contribution in [0.3, 0.4) is 0 Å². The number of nitrogens with zero attached hydrogens (tertiary/aromatic N) is 4. The van der Waals surface area contributed by atoms with Crippen molar-refractivity contribution in [3.8, 4) is 28.6 Å². The topological polar surface area (TPSA) is 118 Å². The molecule has 4 rings (SSSR count). The fraction of sp³-hybridized carbons (Fsp3) is 0.261. The third-order valence-corrected chi connectivity index (χ3v) is 5.52. The molecular weight excluding hydrogens is 479 g/mol. The highest BCUT2D eigenvalue weighted by Gasteiger charge is 2.29. The maximum absolute atomic E-state index is 15.7. The van der Waals surface area contributed by atoms with Gasteiger partial charge in [-0.05, 0) is 36.6 Å². The van der Waals surface area contributed by atoms with Gasteiger partial charge in [0.2, 0.25) is 23.2 Å². The fourth-order valence-electron chi connectivity index (χ4n) is 3.25. The van der Waals surface area contributed by atoms with Gasteiger partial charge in [0.05, 0.1) is 19.9 Å². The summed E-state index contributed by atoms with van der Waals surface area (Å²) in [4.78, 5) is 24.7. The first-order valence-corrected chi connectivity index (χ1v) is 11.5. The summed E-state index contributed by atoms with van der Waals surface area (Å²) in [6.07, 6.45) is 0.835. The molecule has 0 fully saturated rings. The Morgan fingerprint density at radius 2 is 1.86 bits per heavy atom. The maximum atomic E-state index is 15.7. The van der Waals surface area contributed by atoms with Crippen LogP contribution >= 0.6 is 11.8 Å². The summed E-state index contributed by atoms with van der Waals surface area (Å²) in [7, 11) is 2.63. The Balaban J connectivity index is 1.86. The molecule has 1 aromatic heterocycles. The molecule has 0 saturated carbocycles. The summed E-state index contributed by atoms with van der Waals surface area (Å²) in [6.45, 7) is 2.13. The molecule has 1 aliphatic heterocycles. The fourth-order valence-corrected chi connectivity index (χ4v) is 3.76. The van der Waals surface area contributed by atoms with E-state index in [1.807, 2.05) is 0 Å². The van der Waals surface area contributed by atoms with Crippen LogP contribution in [0.2, 0.25) is 0 Å². The number of hydrogen-bond acceptors (Lipinski definition) is 10. The van der Waals surface area contributed by atoms with Gasteiger partial charge in [0.15, 0.2) is 11.6 Å². The first-order chi connectivity index (χ1) is 16.9. The van der Waals surface area contributed by atoms with E-state index in [1.165, 1.54) is 20.3 Å². The Morgan fingerprint density at radius 3 is 2.46 bits per heavy atom. The van der Waals surface area contributed by atoms with E-state index in [0.29, 0.717) is 23.0 Å². The van der Waals surface area contributed by atoms with E-state index in [4.69, 9.17) is 18.7 Å². The van der Waals surface area contributed by atoms with Crippen molar-refractivity contribution in [2.45, 2.75) is 6.92 Å². The van der Waals surface area contributed by atoms with E-state index < -0.39 is 11.9 Å². The van der Waals surface area contributed by atoms with E-state index >= 15 is 4.39 Å². The Kier molecular flexibility index (Phi) is 7.30. The van der Waals surface area contributed by atoms with Crippen LogP contribution in [0.4, 0.5) is 14.9 Å². The van der Waals surface area contributed by atoms with Crippen molar-refractivity contribution in [2.75, 3.05) is 33.7 Å². The predicted molar refractivity (Wildman–Crippen MR) is 128 cm³/mol. The highest BCUT2D eigenvalue weighted by atomic mass is 32.2. The van der Waals surface area contributed by atoms with Gasteiger partial charge < -0.3 is 23.5 Å². The number of rotatable bonds is 5. The second-order valence-corrected chi connectivity index (χ2v) is 7.83. The van der Waals surface area contributed by atoms with Gasteiger partial charge in [-0.15, -0.1) is 11.8 Å². The molecule has 0 saturated heterocycles. The minimum absolute atomic E-state index is 0.0148. The summed E-state index contributed by atoms with van der Waals surface area (Å²) in [5, 5.41) is 4.03. The molecule has 3 aromatic rings. The van der Waals surface area contributed by atoms with Crippen molar-refractivity contribution in [1.82, 2.24) is 10.1 Å². The molecule has 0 N–H and O–H groups in total. The number of aromatic nitrogens is 2. The van der Waals surface area contributed by atoms with Crippen LogP contribution in [0, 0.1) is 12.7 Å². The van der Waals surface area contributed by atoms with E-state index in [1.54, 1.807) is 37.4 Å². The van der Waals surface area contributed by atoms with Crippen LogP contribution in [0.25, 0.3) is 11.4 Å². The van der Waals surface area contributed by atoms with Crippen molar-refractivity contribution >= 4 is 34.3 Å². The van der Waals surface area contributed by atoms with E-state index in [9.17, 15) is 4.79 Å². The van der Waals surface area contributed by atoms with Crippen molar-refractivity contribution in [1.29, 1.82) is 0 Å². The highest BCUT2D eigenvalue weighted by molar-refractivity contribution is 8.15. The second kappa shape index (κ2) is 10.6. The molecule has 2 aromatic carbocycles. The third-order valence-electron chi connectivity index (χ3n) is 4.85. The average Bonchev–Trinajstić information content (AvgIpc) is 3.33. The van der Waals surface area contributed by atoms with Crippen molar-refractivity contribution in [2.24, 2.45) is 9.98 Å². The smallest absolute Gasteiger partial charge is 0.434 e. The summed E-state index contributed by atoms with van der Waals surface area (Å²) < 4.78 is 41.8. The molecule has 0 bridgehead atoms. The lowest BCUT2D eigenvalue weighted by molar-refractivity contribution is 0.158. The molecule has 10 nitrogen and oxygen atoms in total. The first-order valence-electron chi connectivity index (χ1n) is 10.3. The number of methoxy groups -OCH3 is 2. The lowest BCUT2D eigenvalue weighted by Crippen LogP contribution is -2.21. The normalized spacial score (nSPS) is 13.5. The molecule has 0 spiro atoms. The van der Waals surface area contributed by atoms with E-state index in [2.05, 4.69) is 24.9 Å².